The predicted molar refractivity (Wildman–Crippen MR) is 131 cm³/mol. The SMILES string of the molecule is COc1ccc([C@@H](Nc2ccccc2)[C@]2(C)C(=O)N(c3ccc(Br)cc3)C(=O)[C@]2(C)O)cc1. The summed E-state index contributed by atoms with van der Waals surface area (Å²) in [5.74, 6) is -0.478. The number of hydrogen-bond acceptors (Lipinski definition) is 5. The van der Waals surface area contributed by atoms with Crippen LogP contribution in [0.4, 0.5) is 11.4 Å². The summed E-state index contributed by atoms with van der Waals surface area (Å²) in [5, 5.41) is 15.0. The summed E-state index contributed by atoms with van der Waals surface area (Å²) in [4.78, 5) is 28.4. The maximum absolute atomic E-state index is 13.9. The van der Waals surface area contributed by atoms with E-state index in [1.54, 1.807) is 50.4 Å². The van der Waals surface area contributed by atoms with E-state index in [9.17, 15) is 14.7 Å². The average molecular weight is 509 g/mol. The van der Waals surface area contributed by atoms with Crippen LogP contribution in [0.25, 0.3) is 0 Å². The molecule has 7 heteroatoms. The smallest absolute Gasteiger partial charge is 0.266 e. The molecular formula is C26H25BrN2O4. The lowest BCUT2D eigenvalue weighted by Gasteiger charge is -2.40. The van der Waals surface area contributed by atoms with Gasteiger partial charge in [-0.3, -0.25) is 9.59 Å². The fraction of sp³-hybridized carbons (Fsp3) is 0.231. The number of ether oxygens (including phenoxy) is 1. The second-order valence-electron chi connectivity index (χ2n) is 8.41. The number of amides is 2. The molecule has 0 aromatic heterocycles. The first-order chi connectivity index (χ1) is 15.7. The first-order valence-electron chi connectivity index (χ1n) is 10.5. The number of rotatable bonds is 6. The molecule has 170 valence electrons. The number of carbonyl (C=O) groups excluding carboxylic acids is 2. The summed E-state index contributed by atoms with van der Waals surface area (Å²) in [7, 11) is 1.58. The topological polar surface area (TPSA) is 78.9 Å². The van der Waals surface area contributed by atoms with Crippen molar-refractivity contribution in [3.05, 3.63) is 88.9 Å². The quantitative estimate of drug-likeness (QED) is 0.461. The molecule has 3 aromatic carbocycles. The Morgan fingerprint density at radius 2 is 1.52 bits per heavy atom. The molecule has 0 bridgehead atoms. The molecule has 0 aliphatic carbocycles. The summed E-state index contributed by atoms with van der Waals surface area (Å²) >= 11 is 3.37. The fourth-order valence-electron chi connectivity index (χ4n) is 4.26. The number of aliphatic hydroxyl groups is 1. The number of nitrogens with one attached hydrogen (secondary N) is 1. The van der Waals surface area contributed by atoms with Crippen molar-refractivity contribution in [3.63, 3.8) is 0 Å². The minimum atomic E-state index is -1.97. The first-order valence-corrected chi connectivity index (χ1v) is 11.3. The molecular weight excluding hydrogens is 484 g/mol. The van der Waals surface area contributed by atoms with Crippen molar-refractivity contribution in [2.24, 2.45) is 5.41 Å². The molecule has 3 aromatic rings. The number of hydrogen-bond donors (Lipinski definition) is 2. The molecule has 0 unspecified atom stereocenters. The van der Waals surface area contributed by atoms with Crippen LogP contribution in [0.5, 0.6) is 5.75 Å². The third-order valence-electron chi connectivity index (χ3n) is 6.47. The van der Waals surface area contributed by atoms with E-state index in [4.69, 9.17) is 4.74 Å². The molecule has 1 fully saturated rings. The van der Waals surface area contributed by atoms with E-state index in [1.807, 2.05) is 42.5 Å². The van der Waals surface area contributed by atoms with Gasteiger partial charge in [0.15, 0.2) is 5.60 Å². The van der Waals surface area contributed by atoms with Crippen LogP contribution in [0.15, 0.2) is 83.3 Å². The summed E-state index contributed by atoms with van der Waals surface area (Å²) < 4.78 is 6.10. The summed E-state index contributed by atoms with van der Waals surface area (Å²) in [6.45, 7) is 3.05. The zero-order valence-electron chi connectivity index (χ0n) is 18.6. The number of para-hydroxylation sites is 1. The van der Waals surface area contributed by atoms with Crippen LogP contribution in [0.3, 0.4) is 0 Å². The van der Waals surface area contributed by atoms with Gasteiger partial charge in [-0.2, -0.15) is 0 Å². The minimum Gasteiger partial charge on any atom is -0.497 e. The molecule has 6 nitrogen and oxygen atoms in total. The van der Waals surface area contributed by atoms with Crippen LogP contribution in [0.1, 0.15) is 25.5 Å². The van der Waals surface area contributed by atoms with Gasteiger partial charge in [0, 0.05) is 10.2 Å². The Kier molecular flexibility index (Phi) is 6.03. The zero-order chi connectivity index (χ0) is 23.8. The lowest BCUT2D eigenvalue weighted by molar-refractivity contribution is -0.146. The lowest BCUT2D eigenvalue weighted by Crippen LogP contribution is -2.52. The Bertz CT molecular complexity index is 1160. The van der Waals surface area contributed by atoms with E-state index in [2.05, 4.69) is 21.2 Å². The third kappa shape index (κ3) is 3.81. The Hall–Kier alpha value is -3.16. The second kappa shape index (κ2) is 8.65. The van der Waals surface area contributed by atoms with Gasteiger partial charge in [-0.15, -0.1) is 0 Å². The molecule has 1 aliphatic rings. The summed E-state index contributed by atoms with van der Waals surface area (Å²) in [6.07, 6.45) is 0. The van der Waals surface area contributed by atoms with Crippen LogP contribution in [-0.4, -0.2) is 29.6 Å². The standard InChI is InChI=1S/C26H25BrN2O4/c1-25(23(30)29(24(31)26(25,2)32)20-13-11-18(27)12-14-20)22(28-19-7-5-4-6-8-19)17-9-15-21(33-3)16-10-17/h4-16,22,28,32H,1-3H3/t22-,25-,26+/m1/s1. The highest BCUT2D eigenvalue weighted by Crippen LogP contribution is 2.52. The van der Waals surface area contributed by atoms with E-state index in [0.29, 0.717) is 11.4 Å². The van der Waals surface area contributed by atoms with Crippen molar-refractivity contribution in [1.82, 2.24) is 0 Å². The van der Waals surface area contributed by atoms with Gasteiger partial charge < -0.3 is 15.2 Å². The Labute approximate surface area is 201 Å². The van der Waals surface area contributed by atoms with E-state index in [0.717, 1.165) is 20.6 Å². The second-order valence-corrected chi connectivity index (χ2v) is 9.33. The number of carbonyl (C=O) groups is 2. The summed E-state index contributed by atoms with van der Waals surface area (Å²) in [5.41, 5.74) is -1.57. The van der Waals surface area contributed by atoms with Gasteiger partial charge >= 0.3 is 0 Å². The number of nitrogens with zero attached hydrogens (tertiary/aromatic N) is 1. The van der Waals surface area contributed by atoms with Crippen LogP contribution in [-0.2, 0) is 9.59 Å². The molecule has 4 rings (SSSR count). The average Bonchev–Trinajstić information content (AvgIpc) is 2.96. The zero-order valence-corrected chi connectivity index (χ0v) is 20.2. The van der Waals surface area contributed by atoms with Crippen molar-refractivity contribution >= 4 is 39.1 Å². The highest BCUT2D eigenvalue weighted by Gasteiger charge is 2.68. The van der Waals surface area contributed by atoms with Gasteiger partial charge in [-0.1, -0.05) is 46.3 Å². The Morgan fingerprint density at radius 1 is 0.909 bits per heavy atom. The van der Waals surface area contributed by atoms with E-state index in [-0.39, 0.29) is 0 Å². The van der Waals surface area contributed by atoms with Gasteiger partial charge in [0.05, 0.1) is 18.8 Å². The predicted octanol–water partition coefficient (Wildman–Crippen LogP) is 4.94. The molecule has 1 aliphatic heterocycles. The molecule has 33 heavy (non-hydrogen) atoms. The molecule has 0 saturated carbocycles. The number of imide groups is 1. The monoisotopic (exact) mass is 508 g/mol. The van der Waals surface area contributed by atoms with Crippen molar-refractivity contribution in [2.75, 3.05) is 17.3 Å². The van der Waals surface area contributed by atoms with Crippen LogP contribution >= 0.6 is 15.9 Å². The first kappa shape index (κ1) is 23.0. The fourth-order valence-corrected chi connectivity index (χ4v) is 4.52. The van der Waals surface area contributed by atoms with Crippen molar-refractivity contribution in [2.45, 2.75) is 25.5 Å². The largest absolute Gasteiger partial charge is 0.497 e. The lowest BCUT2D eigenvalue weighted by atomic mass is 9.68. The van der Waals surface area contributed by atoms with Crippen LogP contribution in [0, 0.1) is 5.41 Å². The normalized spacial score (nSPS) is 23.5. The van der Waals surface area contributed by atoms with Crippen molar-refractivity contribution in [1.29, 1.82) is 0 Å². The van der Waals surface area contributed by atoms with E-state index in [1.165, 1.54) is 6.92 Å². The van der Waals surface area contributed by atoms with Crippen LogP contribution in [0.2, 0.25) is 0 Å². The molecule has 2 N–H and O–H groups in total. The van der Waals surface area contributed by atoms with Gasteiger partial charge in [0.1, 0.15) is 11.2 Å². The van der Waals surface area contributed by atoms with Gasteiger partial charge in [-0.25, -0.2) is 4.90 Å². The van der Waals surface area contributed by atoms with E-state index < -0.39 is 28.9 Å². The number of anilines is 2. The Balaban J connectivity index is 1.85. The number of halogens is 1. The number of benzene rings is 3. The third-order valence-corrected chi connectivity index (χ3v) is 7.00. The van der Waals surface area contributed by atoms with Gasteiger partial charge in [0.25, 0.3) is 5.91 Å². The van der Waals surface area contributed by atoms with Gasteiger partial charge in [-0.05, 0) is 67.9 Å². The summed E-state index contributed by atoms with van der Waals surface area (Å²) in [6, 6.07) is 22.8. The van der Waals surface area contributed by atoms with E-state index >= 15 is 0 Å². The number of methoxy groups -OCH3 is 1. The van der Waals surface area contributed by atoms with Gasteiger partial charge in [0.2, 0.25) is 5.91 Å². The molecule has 2 amide bonds. The van der Waals surface area contributed by atoms with Crippen molar-refractivity contribution in [3.8, 4) is 5.75 Å². The molecule has 1 saturated heterocycles. The molecule has 3 atom stereocenters. The molecule has 0 radical (unpaired) electrons. The highest BCUT2D eigenvalue weighted by molar-refractivity contribution is 9.10. The molecule has 0 spiro atoms. The van der Waals surface area contributed by atoms with Crippen molar-refractivity contribution < 1.29 is 19.4 Å². The Morgan fingerprint density at radius 3 is 2.09 bits per heavy atom. The maximum Gasteiger partial charge on any atom is 0.266 e. The maximum atomic E-state index is 13.9. The molecule has 1 heterocycles. The highest BCUT2D eigenvalue weighted by atomic mass is 79.9. The minimum absolute atomic E-state index is 0.408. The van der Waals surface area contributed by atoms with Crippen LogP contribution < -0.4 is 15.0 Å².